The minimum absolute atomic E-state index is 0.291. The normalized spacial score (nSPS) is 10.8. The van der Waals surface area contributed by atoms with E-state index >= 15 is 0 Å². The van der Waals surface area contributed by atoms with Crippen LogP contribution in [0.2, 0.25) is 5.02 Å². The van der Waals surface area contributed by atoms with Crippen molar-refractivity contribution in [1.82, 2.24) is 4.98 Å². The first-order valence-corrected chi connectivity index (χ1v) is 9.79. The van der Waals surface area contributed by atoms with Crippen LogP contribution in [0.1, 0.15) is 52.2 Å². The van der Waals surface area contributed by atoms with Crippen molar-refractivity contribution < 1.29 is 14.3 Å². The number of fused-ring (bicyclic) bond motifs is 1. The first-order chi connectivity index (χ1) is 13.5. The summed E-state index contributed by atoms with van der Waals surface area (Å²) in [5.41, 5.74) is 3.49. The number of benzene rings is 2. The average molecular weight is 396 g/mol. The van der Waals surface area contributed by atoms with Gasteiger partial charge in [-0.05, 0) is 36.6 Å². The van der Waals surface area contributed by atoms with E-state index < -0.39 is 5.97 Å². The minimum atomic E-state index is -0.497. The number of carbonyl (C=O) groups excluding carboxylic acids is 2. The van der Waals surface area contributed by atoms with Crippen LogP contribution in [0.3, 0.4) is 0 Å². The average Bonchev–Trinajstić information content (AvgIpc) is 2.71. The predicted octanol–water partition coefficient (Wildman–Crippen LogP) is 5.44. The summed E-state index contributed by atoms with van der Waals surface area (Å²) >= 11 is 5.93. The second-order valence-corrected chi connectivity index (χ2v) is 6.98. The summed E-state index contributed by atoms with van der Waals surface area (Å²) in [6.45, 7) is 3.75. The first-order valence-electron chi connectivity index (χ1n) is 9.41. The highest BCUT2D eigenvalue weighted by molar-refractivity contribution is 6.31. The Balaban J connectivity index is 1.93. The summed E-state index contributed by atoms with van der Waals surface area (Å²) in [5.74, 6) is -0.788. The van der Waals surface area contributed by atoms with Crippen molar-refractivity contribution in [2.24, 2.45) is 0 Å². The molecule has 2 aromatic carbocycles. The molecule has 0 unspecified atom stereocenters. The molecule has 0 saturated carbocycles. The molecule has 28 heavy (non-hydrogen) atoms. The predicted molar refractivity (Wildman–Crippen MR) is 111 cm³/mol. The summed E-state index contributed by atoms with van der Waals surface area (Å²) in [5, 5.41) is 1.22. The lowest BCUT2D eigenvalue weighted by Gasteiger charge is -2.15. The van der Waals surface area contributed by atoms with Crippen molar-refractivity contribution in [3.8, 4) is 0 Å². The zero-order valence-corrected chi connectivity index (χ0v) is 16.8. The van der Waals surface area contributed by atoms with Crippen LogP contribution in [0.5, 0.6) is 0 Å². The van der Waals surface area contributed by atoms with E-state index in [9.17, 15) is 9.59 Å². The third-order valence-electron chi connectivity index (χ3n) is 4.60. The number of rotatable bonds is 7. The number of esters is 1. The highest BCUT2D eigenvalue weighted by Gasteiger charge is 2.21. The van der Waals surface area contributed by atoms with Gasteiger partial charge in [-0.25, -0.2) is 4.79 Å². The van der Waals surface area contributed by atoms with E-state index in [1.165, 1.54) is 0 Å². The highest BCUT2D eigenvalue weighted by Crippen LogP contribution is 2.26. The van der Waals surface area contributed by atoms with Crippen LogP contribution < -0.4 is 0 Å². The Labute approximate surface area is 169 Å². The Hall–Kier alpha value is -2.72. The molecular weight excluding hydrogens is 374 g/mol. The number of pyridine rings is 1. The van der Waals surface area contributed by atoms with E-state index in [4.69, 9.17) is 21.3 Å². The Morgan fingerprint density at radius 2 is 1.86 bits per heavy atom. The molecule has 1 aromatic heterocycles. The third kappa shape index (κ3) is 4.23. The molecule has 4 nitrogen and oxygen atoms in total. The van der Waals surface area contributed by atoms with Crippen molar-refractivity contribution >= 4 is 34.3 Å². The molecule has 0 N–H and O–H groups in total. The Kier molecular flexibility index (Phi) is 6.42. The molecular formula is C23H22ClNO3. The molecule has 0 bridgehead atoms. The van der Waals surface area contributed by atoms with Crippen molar-refractivity contribution in [3.05, 3.63) is 75.9 Å². The second kappa shape index (κ2) is 8.98. The van der Waals surface area contributed by atoms with Gasteiger partial charge in [0.25, 0.3) is 0 Å². The zero-order chi connectivity index (χ0) is 20.1. The molecule has 5 heteroatoms. The van der Waals surface area contributed by atoms with Crippen LogP contribution in [0.25, 0.3) is 10.9 Å². The molecule has 0 atom stereocenters. The van der Waals surface area contributed by atoms with E-state index in [0.717, 1.165) is 35.0 Å². The van der Waals surface area contributed by atoms with Crippen molar-refractivity contribution in [3.63, 3.8) is 0 Å². The van der Waals surface area contributed by atoms with Gasteiger partial charge in [-0.2, -0.15) is 0 Å². The molecule has 0 aliphatic heterocycles. The van der Waals surface area contributed by atoms with Crippen LogP contribution in [0.15, 0.2) is 48.5 Å². The van der Waals surface area contributed by atoms with Gasteiger partial charge in [-0.15, -0.1) is 0 Å². The van der Waals surface area contributed by atoms with E-state index in [1.807, 2.05) is 31.2 Å². The van der Waals surface area contributed by atoms with Gasteiger partial charge < -0.3 is 4.74 Å². The summed E-state index contributed by atoms with van der Waals surface area (Å²) in [6, 6.07) is 14.1. The van der Waals surface area contributed by atoms with Gasteiger partial charge in [-0.3, -0.25) is 9.78 Å². The number of hydrogen-bond donors (Lipinski definition) is 0. The molecule has 144 valence electrons. The molecule has 3 aromatic rings. The lowest BCUT2D eigenvalue weighted by atomic mass is 9.96. The zero-order valence-electron chi connectivity index (χ0n) is 16.0. The van der Waals surface area contributed by atoms with Crippen molar-refractivity contribution in [1.29, 1.82) is 0 Å². The van der Waals surface area contributed by atoms with E-state index in [1.54, 1.807) is 24.3 Å². The largest absolute Gasteiger partial charge is 0.454 e. The fourth-order valence-corrected chi connectivity index (χ4v) is 3.50. The van der Waals surface area contributed by atoms with Crippen LogP contribution >= 0.6 is 11.6 Å². The maximum atomic E-state index is 13.0. The topological polar surface area (TPSA) is 56.3 Å². The summed E-state index contributed by atoms with van der Waals surface area (Å²) in [4.78, 5) is 30.1. The summed E-state index contributed by atoms with van der Waals surface area (Å²) in [7, 11) is 0. The van der Waals surface area contributed by atoms with Crippen LogP contribution in [0.4, 0.5) is 0 Å². The third-order valence-corrected chi connectivity index (χ3v) is 4.84. The maximum Gasteiger partial charge on any atom is 0.339 e. The van der Waals surface area contributed by atoms with Gasteiger partial charge in [-0.1, -0.05) is 62.2 Å². The number of aryl methyl sites for hydroxylation is 1. The number of Topliss-reactive ketones (excluding diaryl/α,β-unsaturated/α-hetero) is 1. The Morgan fingerprint density at radius 3 is 2.57 bits per heavy atom. The van der Waals surface area contributed by atoms with Crippen LogP contribution in [0, 0.1) is 0 Å². The number of nitrogens with zero attached hydrogens (tertiary/aromatic N) is 1. The second-order valence-electron chi connectivity index (χ2n) is 6.54. The number of hydrogen-bond acceptors (Lipinski definition) is 4. The number of aromatic nitrogens is 1. The molecule has 0 amide bonds. The molecule has 0 spiro atoms. The van der Waals surface area contributed by atoms with E-state index in [2.05, 4.69) is 6.92 Å². The summed E-state index contributed by atoms with van der Waals surface area (Å²) < 4.78 is 5.41. The van der Waals surface area contributed by atoms with Crippen molar-refractivity contribution in [2.75, 3.05) is 6.61 Å². The van der Waals surface area contributed by atoms with E-state index in [0.29, 0.717) is 22.6 Å². The van der Waals surface area contributed by atoms with Gasteiger partial charge in [0.2, 0.25) is 0 Å². The number of ether oxygens (including phenoxy) is 1. The first kappa shape index (κ1) is 20.0. The van der Waals surface area contributed by atoms with E-state index in [-0.39, 0.29) is 12.4 Å². The fraction of sp³-hybridized carbons (Fsp3) is 0.261. The minimum Gasteiger partial charge on any atom is -0.454 e. The molecule has 1 heterocycles. The molecule has 0 radical (unpaired) electrons. The van der Waals surface area contributed by atoms with Gasteiger partial charge in [0, 0.05) is 21.7 Å². The van der Waals surface area contributed by atoms with Gasteiger partial charge in [0.05, 0.1) is 11.1 Å². The molecule has 0 saturated heterocycles. The Bertz CT molecular complexity index is 1030. The molecule has 0 aliphatic carbocycles. The number of ketones is 1. The van der Waals surface area contributed by atoms with Gasteiger partial charge in [0.1, 0.15) is 0 Å². The SMILES string of the molecule is CCCc1nc2ccccc2c(C(=O)OCC(=O)c2cccc(Cl)c2)c1CC. The lowest BCUT2D eigenvalue weighted by Crippen LogP contribution is -2.17. The van der Waals surface area contributed by atoms with Gasteiger partial charge in [0.15, 0.2) is 12.4 Å². The van der Waals surface area contributed by atoms with Crippen LogP contribution in [-0.4, -0.2) is 23.3 Å². The quantitative estimate of drug-likeness (QED) is 0.394. The monoisotopic (exact) mass is 395 g/mol. The van der Waals surface area contributed by atoms with Crippen LogP contribution in [-0.2, 0) is 17.6 Å². The molecule has 3 rings (SSSR count). The molecule has 0 fully saturated rings. The smallest absolute Gasteiger partial charge is 0.339 e. The standard InChI is InChI=1S/C23H22ClNO3/c1-3-8-19-17(4-2)22(18-11-5-6-12-20(18)25-19)23(27)28-14-21(26)15-9-7-10-16(24)13-15/h5-7,9-13H,3-4,8,14H2,1-2H3. The summed E-state index contributed by atoms with van der Waals surface area (Å²) in [6.07, 6.45) is 2.38. The van der Waals surface area contributed by atoms with Crippen molar-refractivity contribution in [2.45, 2.75) is 33.1 Å². The fourth-order valence-electron chi connectivity index (χ4n) is 3.31. The highest BCUT2D eigenvalue weighted by atomic mass is 35.5. The Morgan fingerprint density at radius 1 is 1.07 bits per heavy atom. The van der Waals surface area contributed by atoms with Gasteiger partial charge >= 0.3 is 5.97 Å². The maximum absolute atomic E-state index is 13.0. The lowest BCUT2D eigenvalue weighted by molar-refractivity contribution is 0.0475. The molecule has 0 aliphatic rings. The number of carbonyl (C=O) groups is 2. The number of halogens is 1. The number of para-hydroxylation sites is 1.